The number of likely N-dealkylation sites (tertiary alicyclic amines) is 1. The van der Waals surface area contributed by atoms with E-state index in [1.165, 1.54) is 19.3 Å². The van der Waals surface area contributed by atoms with Crippen molar-refractivity contribution in [3.63, 3.8) is 0 Å². The van der Waals surface area contributed by atoms with Crippen LogP contribution in [0.25, 0.3) is 0 Å². The van der Waals surface area contributed by atoms with Crippen LogP contribution in [0.15, 0.2) is 35.5 Å². The van der Waals surface area contributed by atoms with Gasteiger partial charge in [0.2, 0.25) is 0 Å². The van der Waals surface area contributed by atoms with E-state index in [-0.39, 0.29) is 11.3 Å². The Bertz CT molecular complexity index is 419. The smallest absolute Gasteiger partial charge is 0.257 e. The predicted octanol–water partition coefficient (Wildman–Crippen LogP) is 2.93. The highest BCUT2D eigenvalue weighted by molar-refractivity contribution is 6.21. The second-order valence-electron chi connectivity index (χ2n) is 5.04. The van der Waals surface area contributed by atoms with Gasteiger partial charge >= 0.3 is 0 Å². The number of hydrogen-bond acceptors (Lipinski definition) is 4. The summed E-state index contributed by atoms with van der Waals surface area (Å²) in [5.41, 5.74) is 0.747. The van der Waals surface area contributed by atoms with Gasteiger partial charge in [0.25, 0.3) is 5.90 Å². The van der Waals surface area contributed by atoms with Crippen LogP contribution >= 0.6 is 11.6 Å². The molecule has 0 bridgehead atoms. The molecule has 2 rings (SSSR count). The fourth-order valence-electron chi connectivity index (χ4n) is 2.39. The first-order chi connectivity index (χ1) is 9.79. The highest BCUT2D eigenvalue weighted by Gasteiger charge is 2.16. The Kier molecular flexibility index (Phi) is 6.15. The van der Waals surface area contributed by atoms with Crippen LogP contribution in [0.5, 0.6) is 0 Å². The summed E-state index contributed by atoms with van der Waals surface area (Å²) in [5, 5.41) is 12.1. The van der Waals surface area contributed by atoms with Gasteiger partial charge in [-0.25, -0.2) is 0 Å². The lowest BCUT2D eigenvalue weighted by Crippen LogP contribution is -2.36. The van der Waals surface area contributed by atoms with Gasteiger partial charge in [-0.15, -0.1) is 11.6 Å². The van der Waals surface area contributed by atoms with Gasteiger partial charge in [0.1, 0.15) is 6.61 Å². The Morgan fingerprint density at radius 3 is 2.60 bits per heavy atom. The lowest BCUT2D eigenvalue weighted by molar-refractivity contribution is 0.199. The van der Waals surface area contributed by atoms with Gasteiger partial charge in [-0.1, -0.05) is 24.6 Å². The molecule has 1 aromatic carbocycles. The van der Waals surface area contributed by atoms with Crippen molar-refractivity contribution < 1.29 is 9.94 Å². The molecule has 110 valence electrons. The summed E-state index contributed by atoms with van der Waals surface area (Å²) >= 11 is 6.30. The van der Waals surface area contributed by atoms with E-state index in [2.05, 4.69) is 10.1 Å². The van der Waals surface area contributed by atoms with E-state index < -0.39 is 0 Å². The maximum absolute atomic E-state index is 9.02. The molecular weight excluding hydrogens is 276 g/mol. The van der Waals surface area contributed by atoms with Gasteiger partial charge in [0.05, 0.1) is 5.38 Å². The molecule has 1 N–H and O–H groups in total. The Morgan fingerprint density at radius 2 is 1.95 bits per heavy atom. The van der Waals surface area contributed by atoms with Crippen LogP contribution in [-0.2, 0) is 4.74 Å². The molecule has 1 heterocycles. The number of hydrogen-bond donors (Lipinski definition) is 1. The first kappa shape index (κ1) is 15.1. The average Bonchev–Trinajstić information content (AvgIpc) is 2.50. The van der Waals surface area contributed by atoms with E-state index in [1.807, 2.05) is 30.3 Å². The van der Waals surface area contributed by atoms with Crippen molar-refractivity contribution in [3.05, 3.63) is 35.9 Å². The first-order valence-corrected chi connectivity index (χ1v) is 7.50. The molecule has 0 aromatic heterocycles. The predicted molar refractivity (Wildman–Crippen MR) is 80.6 cm³/mol. The molecule has 1 fully saturated rings. The number of rotatable bonds is 5. The molecule has 1 aliphatic rings. The molecule has 1 saturated heterocycles. The third kappa shape index (κ3) is 4.69. The lowest BCUT2D eigenvalue weighted by atomic mass is 10.1. The molecule has 1 aromatic rings. The van der Waals surface area contributed by atoms with Gasteiger partial charge < -0.3 is 14.8 Å². The van der Waals surface area contributed by atoms with Gasteiger partial charge in [-0.2, -0.15) is 0 Å². The van der Waals surface area contributed by atoms with E-state index >= 15 is 0 Å². The first-order valence-electron chi connectivity index (χ1n) is 7.06. The fourth-order valence-corrected chi connectivity index (χ4v) is 2.65. The number of nitrogens with zero attached hydrogens (tertiary/aromatic N) is 2. The van der Waals surface area contributed by atoms with Crippen LogP contribution in [-0.4, -0.2) is 47.6 Å². The lowest BCUT2D eigenvalue weighted by Gasteiger charge is -2.28. The van der Waals surface area contributed by atoms with Gasteiger partial charge in [-0.3, -0.25) is 0 Å². The summed E-state index contributed by atoms with van der Waals surface area (Å²) in [6.07, 6.45) is 3.81. The molecule has 0 spiro atoms. The Labute approximate surface area is 125 Å². The molecule has 1 aliphatic heterocycles. The van der Waals surface area contributed by atoms with E-state index in [0.29, 0.717) is 6.61 Å². The third-order valence-corrected chi connectivity index (χ3v) is 3.68. The number of benzene rings is 1. The van der Waals surface area contributed by atoms with Crippen molar-refractivity contribution in [3.8, 4) is 0 Å². The summed E-state index contributed by atoms with van der Waals surface area (Å²) < 4.78 is 5.52. The third-order valence-electron chi connectivity index (χ3n) is 3.42. The van der Waals surface area contributed by atoms with E-state index in [1.54, 1.807) is 0 Å². The van der Waals surface area contributed by atoms with Crippen LogP contribution in [0.1, 0.15) is 24.8 Å². The average molecular weight is 297 g/mol. The van der Waals surface area contributed by atoms with Crippen LogP contribution in [0.2, 0.25) is 0 Å². The zero-order valence-electron chi connectivity index (χ0n) is 11.5. The monoisotopic (exact) mass is 296 g/mol. The largest absolute Gasteiger partial charge is 0.474 e. The molecule has 1 unspecified atom stereocenters. The molecule has 0 aliphatic carbocycles. The number of alkyl halides is 1. The second-order valence-corrected chi connectivity index (χ2v) is 5.66. The Morgan fingerprint density at radius 1 is 1.25 bits per heavy atom. The Hall–Kier alpha value is -1.26. The van der Waals surface area contributed by atoms with Crippen molar-refractivity contribution in [2.75, 3.05) is 26.2 Å². The number of halogens is 1. The second kappa shape index (κ2) is 8.12. The van der Waals surface area contributed by atoms with Gasteiger partial charge in [0.15, 0.2) is 0 Å². The van der Waals surface area contributed by atoms with E-state index in [9.17, 15) is 0 Å². The minimum absolute atomic E-state index is 0.103. The topological polar surface area (TPSA) is 45.1 Å². The van der Waals surface area contributed by atoms with Gasteiger partial charge in [-0.05, 0) is 43.2 Å². The normalized spacial score (nSPS) is 18.8. The van der Waals surface area contributed by atoms with Crippen LogP contribution in [0.3, 0.4) is 0 Å². The SMILES string of the molecule is ON=C(OCC(Cl)CN1CCCCC1)c1ccccc1. The minimum atomic E-state index is -0.103. The number of oxime groups is 1. The van der Waals surface area contributed by atoms with Crippen LogP contribution < -0.4 is 0 Å². The number of ether oxygens (including phenoxy) is 1. The van der Waals surface area contributed by atoms with E-state index in [0.717, 1.165) is 25.2 Å². The molecule has 5 heteroatoms. The molecule has 1 atom stereocenters. The summed E-state index contributed by atoms with van der Waals surface area (Å²) in [6.45, 7) is 3.38. The zero-order chi connectivity index (χ0) is 14.2. The summed E-state index contributed by atoms with van der Waals surface area (Å²) in [4.78, 5) is 2.36. The fraction of sp³-hybridized carbons (Fsp3) is 0.533. The molecule has 20 heavy (non-hydrogen) atoms. The van der Waals surface area contributed by atoms with Crippen molar-refractivity contribution in [1.29, 1.82) is 0 Å². The highest BCUT2D eigenvalue weighted by Crippen LogP contribution is 2.12. The van der Waals surface area contributed by atoms with E-state index in [4.69, 9.17) is 21.5 Å². The Balaban J connectivity index is 1.78. The summed E-state index contributed by atoms with van der Waals surface area (Å²) in [5.74, 6) is 0.217. The van der Waals surface area contributed by atoms with Crippen molar-refractivity contribution in [2.24, 2.45) is 5.16 Å². The molecule has 0 amide bonds. The molecule has 0 radical (unpaired) electrons. The highest BCUT2D eigenvalue weighted by atomic mass is 35.5. The standard InChI is InChI=1S/C15H21ClN2O2/c16-14(11-18-9-5-2-6-10-18)12-20-15(17-19)13-7-3-1-4-8-13/h1,3-4,7-8,14,19H,2,5-6,9-12H2. The quantitative estimate of drug-likeness (QED) is 0.299. The minimum Gasteiger partial charge on any atom is -0.474 e. The molecule has 0 saturated carbocycles. The maximum Gasteiger partial charge on any atom is 0.257 e. The summed E-state index contributed by atoms with van der Waals surface area (Å²) in [7, 11) is 0. The van der Waals surface area contributed by atoms with Gasteiger partial charge in [0, 0.05) is 12.1 Å². The molecular formula is C15H21ClN2O2. The van der Waals surface area contributed by atoms with Crippen LogP contribution in [0.4, 0.5) is 0 Å². The van der Waals surface area contributed by atoms with Crippen molar-refractivity contribution >= 4 is 17.5 Å². The molecule has 4 nitrogen and oxygen atoms in total. The maximum atomic E-state index is 9.02. The van der Waals surface area contributed by atoms with Crippen LogP contribution in [0, 0.1) is 0 Å². The van der Waals surface area contributed by atoms with Crippen molar-refractivity contribution in [2.45, 2.75) is 24.6 Å². The zero-order valence-corrected chi connectivity index (χ0v) is 12.3. The summed E-state index contributed by atoms with van der Waals surface area (Å²) in [6, 6.07) is 9.32. The van der Waals surface area contributed by atoms with Crippen molar-refractivity contribution in [1.82, 2.24) is 4.90 Å². The number of piperidine rings is 1.